The van der Waals surface area contributed by atoms with Gasteiger partial charge >= 0.3 is 0 Å². The number of sulfone groups is 1. The lowest BCUT2D eigenvalue weighted by Gasteiger charge is -2.17. The molecular formula is C14H29NO3S. The van der Waals surface area contributed by atoms with E-state index in [9.17, 15) is 8.42 Å². The third-order valence-corrected chi connectivity index (χ3v) is 6.20. The summed E-state index contributed by atoms with van der Waals surface area (Å²) >= 11 is 0. The number of ether oxygens (including phenoxy) is 1. The zero-order valence-electron chi connectivity index (χ0n) is 12.5. The molecule has 0 saturated carbocycles. The normalized spacial score (nSPS) is 25.6. The van der Waals surface area contributed by atoms with Crippen molar-refractivity contribution < 1.29 is 13.2 Å². The maximum atomic E-state index is 12.2. The molecule has 19 heavy (non-hydrogen) atoms. The lowest BCUT2D eigenvalue weighted by Crippen LogP contribution is -2.36. The van der Waals surface area contributed by atoms with Crippen LogP contribution in [0.3, 0.4) is 0 Å². The van der Waals surface area contributed by atoms with Crippen LogP contribution in [-0.2, 0) is 14.6 Å². The van der Waals surface area contributed by atoms with Crippen LogP contribution in [0.5, 0.6) is 0 Å². The van der Waals surface area contributed by atoms with Gasteiger partial charge < -0.3 is 10.1 Å². The summed E-state index contributed by atoms with van der Waals surface area (Å²) in [4.78, 5) is 0. The highest BCUT2D eigenvalue weighted by Gasteiger charge is 2.35. The highest BCUT2D eigenvalue weighted by molar-refractivity contribution is 7.92. The molecular weight excluding hydrogens is 262 g/mol. The van der Waals surface area contributed by atoms with Crippen molar-refractivity contribution >= 4 is 9.84 Å². The monoisotopic (exact) mass is 291 g/mol. The first kappa shape index (κ1) is 16.9. The number of nitrogens with one attached hydrogen (secondary N) is 1. The smallest absolute Gasteiger partial charge is 0.157 e. The van der Waals surface area contributed by atoms with Crippen molar-refractivity contribution in [2.45, 2.75) is 70.3 Å². The quantitative estimate of drug-likeness (QED) is 0.661. The molecule has 0 spiro atoms. The van der Waals surface area contributed by atoms with Crippen LogP contribution in [0.15, 0.2) is 0 Å². The topological polar surface area (TPSA) is 55.4 Å². The highest BCUT2D eigenvalue weighted by atomic mass is 32.2. The van der Waals surface area contributed by atoms with Gasteiger partial charge in [0.15, 0.2) is 9.84 Å². The Hall–Kier alpha value is -0.130. The van der Waals surface area contributed by atoms with Crippen LogP contribution in [0.25, 0.3) is 0 Å². The molecule has 0 aliphatic carbocycles. The Balaban J connectivity index is 2.24. The van der Waals surface area contributed by atoms with Crippen LogP contribution < -0.4 is 5.32 Å². The zero-order valence-corrected chi connectivity index (χ0v) is 13.3. The van der Waals surface area contributed by atoms with Gasteiger partial charge in [-0.25, -0.2) is 8.42 Å². The second-order valence-corrected chi connectivity index (χ2v) is 7.96. The molecule has 1 N–H and O–H groups in total. The van der Waals surface area contributed by atoms with Gasteiger partial charge in [0.1, 0.15) is 0 Å². The average Bonchev–Trinajstić information content (AvgIpc) is 2.76. The molecule has 0 aromatic rings. The van der Waals surface area contributed by atoms with Crippen molar-refractivity contribution in [3.63, 3.8) is 0 Å². The number of rotatable bonds is 9. The molecule has 1 aliphatic heterocycles. The Morgan fingerprint density at radius 1 is 1.37 bits per heavy atom. The Bertz CT molecular complexity index is 343. The first-order valence-electron chi connectivity index (χ1n) is 7.54. The minimum atomic E-state index is -3.02. The fourth-order valence-corrected chi connectivity index (χ4v) is 4.41. The lowest BCUT2D eigenvalue weighted by molar-refractivity contribution is 0.126. The van der Waals surface area contributed by atoms with Crippen molar-refractivity contribution in [3.8, 4) is 0 Å². The summed E-state index contributed by atoms with van der Waals surface area (Å²) in [6, 6.07) is 0.402. The van der Waals surface area contributed by atoms with Gasteiger partial charge in [-0.3, -0.25) is 0 Å². The van der Waals surface area contributed by atoms with Gasteiger partial charge in [-0.1, -0.05) is 26.2 Å². The number of unbranched alkanes of at least 4 members (excludes halogenated alkanes) is 2. The minimum Gasteiger partial charge on any atom is -0.377 e. The van der Waals surface area contributed by atoms with Crippen molar-refractivity contribution in [3.05, 3.63) is 0 Å². The Labute approximate surface area is 118 Å². The molecule has 0 aromatic heterocycles. The fourth-order valence-electron chi connectivity index (χ4n) is 2.59. The van der Waals surface area contributed by atoms with E-state index in [-0.39, 0.29) is 17.1 Å². The van der Waals surface area contributed by atoms with Crippen LogP contribution >= 0.6 is 0 Å². The summed E-state index contributed by atoms with van der Waals surface area (Å²) in [5.41, 5.74) is 0. The van der Waals surface area contributed by atoms with E-state index in [1.54, 1.807) is 0 Å². The molecule has 3 atom stereocenters. The van der Waals surface area contributed by atoms with Crippen LogP contribution in [-0.4, -0.2) is 44.7 Å². The van der Waals surface area contributed by atoms with Gasteiger partial charge in [0.2, 0.25) is 0 Å². The maximum absolute atomic E-state index is 12.2. The van der Waals surface area contributed by atoms with Gasteiger partial charge in [0, 0.05) is 19.2 Å². The second-order valence-electron chi connectivity index (χ2n) is 5.62. The van der Waals surface area contributed by atoms with E-state index in [2.05, 4.69) is 19.2 Å². The van der Waals surface area contributed by atoms with E-state index in [4.69, 9.17) is 4.74 Å². The Morgan fingerprint density at radius 2 is 2.11 bits per heavy atom. The first-order valence-corrected chi connectivity index (χ1v) is 9.25. The Kier molecular flexibility index (Phi) is 7.32. The van der Waals surface area contributed by atoms with Crippen molar-refractivity contribution in [1.82, 2.24) is 5.32 Å². The first-order chi connectivity index (χ1) is 8.97. The van der Waals surface area contributed by atoms with E-state index in [1.165, 1.54) is 19.3 Å². The molecule has 4 nitrogen and oxygen atoms in total. The summed E-state index contributed by atoms with van der Waals surface area (Å²) in [7, 11) is -3.02. The largest absolute Gasteiger partial charge is 0.377 e. The summed E-state index contributed by atoms with van der Waals surface area (Å²) in [6.07, 6.45) is 5.31. The molecule has 1 rings (SSSR count). The third-order valence-electron chi connectivity index (χ3n) is 3.89. The van der Waals surface area contributed by atoms with Gasteiger partial charge in [-0.05, 0) is 26.7 Å². The molecule has 0 amide bonds. The number of hydrogen-bond donors (Lipinski definition) is 1. The Morgan fingerprint density at radius 3 is 2.68 bits per heavy atom. The molecule has 0 aromatic carbocycles. The molecule has 114 valence electrons. The molecule has 5 heteroatoms. The van der Waals surface area contributed by atoms with E-state index < -0.39 is 9.84 Å². The SMILES string of the molecule is CCCCCC(C)NCCS(=O)(=O)C1CCOC1C. The maximum Gasteiger partial charge on any atom is 0.157 e. The summed E-state index contributed by atoms with van der Waals surface area (Å²) in [6.45, 7) is 7.31. The van der Waals surface area contributed by atoms with Crippen LogP contribution in [0, 0.1) is 0 Å². The molecule has 0 bridgehead atoms. The molecule has 1 aliphatic rings. The van der Waals surface area contributed by atoms with E-state index >= 15 is 0 Å². The molecule has 0 radical (unpaired) electrons. The minimum absolute atomic E-state index is 0.146. The fraction of sp³-hybridized carbons (Fsp3) is 1.00. The van der Waals surface area contributed by atoms with Crippen LogP contribution in [0.4, 0.5) is 0 Å². The second kappa shape index (κ2) is 8.22. The predicted molar refractivity (Wildman–Crippen MR) is 79.2 cm³/mol. The van der Waals surface area contributed by atoms with Crippen LogP contribution in [0.1, 0.15) is 52.9 Å². The van der Waals surface area contributed by atoms with Gasteiger partial charge in [-0.15, -0.1) is 0 Å². The highest BCUT2D eigenvalue weighted by Crippen LogP contribution is 2.21. The zero-order chi connectivity index (χ0) is 14.3. The molecule has 1 heterocycles. The van der Waals surface area contributed by atoms with Gasteiger partial charge in [-0.2, -0.15) is 0 Å². The lowest BCUT2D eigenvalue weighted by atomic mass is 10.1. The van der Waals surface area contributed by atoms with Crippen molar-refractivity contribution in [1.29, 1.82) is 0 Å². The van der Waals surface area contributed by atoms with Gasteiger partial charge in [0.25, 0.3) is 0 Å². The van der Waals surface area contributed by atoms with Gasteiger partial charge in [0.05, 0.1) is 17.1 Å². The molecule has 1 saturated heterocycles. The van der Waals surface area contributed by atoms with E-state index in [0.717, 1.165) is 6.42 Å². The van der Waals surface area contributed by atoms with Crippen molar-refractivity contribution in [2.75, 3.05) is 18.9 Å². The van der Waals surface area contributed by atoms with E-state index in [1.807, 2.05) is 6.92 Å². The van der Waals surface area contributed by atoms with E-state index in [0.29, 0.717) is 25.6 Å². The molecule has 3 unspecified atom stereocenters. The predicted octanol–water partition coefficient (Wildman–Crippen LogP) is 2.14. The van der Waals surface area contributed by atoms with Crippen molar-refractivity contribution in [2.24, 2.45) is 0 Å². The summed E-state index contributed by atoms with van der Waals surface area (Å²) < 4.78 is 29.7. The third kappa shape index (κ3) is 5.79. The number of hydrogen-bond acceptors (Lipinski definition) is 4. The summed E-state index contributed by atoms with van der Waals surface area (Å²) in [5, 5.41) is 3.01. The van der Waals surface area contributed by atoms with Crippen LogP contribution in [0.2, 0.25) is 0 Å². The average molecular weight is 291 g/mol. The summed E-state index contributed by atoms with van der Waals surface area (Å²) in [5.74, 6) is 0.226. The molecule has 1 fully saturated rings. The standard InChI is InChI=1S/C14H29NO3S/c1-4-5-6-7-12(2)15-9-11-19(16,17)14-8-10-18-13(14)3/h12-15H,4-11H2,1-3H3.